The van der Waals surface area contributed by atoms with E-state index in [0.717, 1.165) is 68.0 Å². The molecule has 3 rings (SSSR count). The van der Waals surface area contributed by atoms with E-state index < -0.39 is 0 Å². The van der Waals surface area contributed by atoms with Crippen molar-refractivity contribution in [3.05, 3.63) is 46.2 Å². The van der Waals surface area contributed by atoms with E-state index in [9.17, 15) is 4.39 Å². The van der Waals surface area contributed by atoms with Gasteiger partial charge in [0.15, 0.2) is 5.96 Å². The van der Waals surface area contributed by atoms with E-state index in [4.69, 9.17) is 0 Å². The maximum absolute atomic E-state index is 14.0. The molecule has 2 heterocycles. The van der Waals surface area contributed by atoms with Crippen LogP contribution in [0.5, 0.6) is 0 Å². The van der Waals surface area contributed by atoms with Gasteiger partial charge in [-0.2, -0.15) is 0 Å². The molecular weight excluding hydrogens is 399 g/mol. The summed E-state index contributed by atoms with van der Waals surface area (Å²) >= 11 is 1.69. The van der Waals surface area contributed by atoms with E-state index in [1.807, 2.05) is 12.1 Å². The van der Waals surface area contributed by atoms with Crippen LogP contribution in [0.1, 0.15) is 36.9 Å². The van der Waals surface area contributed by atoms with E-state index in [0.29, 0.717) is 12.5 Å². The number of piperazine rings is 1. The average Bonchev–Trinajstić information content (AvgIpc) is 3.24. The maximum Gasteiger partial charge on any atom is 0.191 e. The lowest BCUT2D eigenvalue weighted by molar-refractivity contribution is 0.254. The molecule has 8 heteroatoms. The molecule has 0 saturated carbocycles. The van der Waals surface area contributed by atoms with Gasteiger partial charge < -0.3 is 15.5 Å². The molecule has 0 bridgehead atoms. The Morgan fingerprint density at radius 3 is 2.63 bits per heavy atom. The van der Waals surface area contributed by atoms with Gasteiger partial charge in [0.1, 0.15) is 10.8 Å². The summed E-state index contributed by atoms with van der Waals surface area (Å²) < 4.78 is 14.0. The van der Waals surface area contributed by atoms with E-state index in [1.54, 1.807) is 24.5 Å². The van der Waals surface area contributed by atoms with Crippen molar-refractivity contribution in [2.45, 2.75) is 32.7 Å². The number of hydrogen-bond acceptors (Lipinski definition) is 5. The van der Waals surface area contributed by atoms with E-state index in [-0.39, 0.29) is 5.82 Å². The highest BCUT2D eigenvalue weighted by atomic mass is 32.1. The Kier molecular flexibility index (Phi) is 8.45. The van der Waals surface area contributed by atoms with Crippen molar-refractivity contribution >= 4 is 23.0 Å². The molecule has 0 atom stereocenters. The van der Waals surface area contributed by atoms with Gasteiger partial charge in [-0.3, -0.25) is 9.89 Å². The zero-order valence-electron chi connectivity index (χ0n) is 18.2. The number of nitrogens with zero attached hydrogens (tertiary/aromatic N) is 4. The predicted molar refractivity (Wildman–Crippen MR) is 124 cm³/mol. The Labute approximate surface area is 183 Å². The number of aliphatic imine (C=N–C) groups is 1. The van der Waals surface area contributed by atoms with E-state index in [1.165, 1.54) is 6.07 Å². The average molecular weight is 433 g/mol. The SMILES string of the molecule is CN=C(NCCCN1CCN(c2ccccc2F)CC1)NCc1nc(C(C)C)cs1. The van der Waals surface area contributed by atoms with Crippen LogP contribution in [0.25, 0.3) is 0 Å². The largest absolute Gasteiger partial charge is 0.367 e. The summed E-state index contributed by atoms with van der Waals surface area (Å²) in [4.78, 5) is 13.5. The molecule has 6 nitrogen and oxygen atoms in total. The molecule has 0 unspecified atom stereocenters. The number of para-hydroxylation sites is 1. The second kappa shape index (κ2) is 11.3. The summed E-state index contributed by atoms with van der Waals surface area (Å²) in [6, 6.07) is 7.04. The highest BCUT2D eigenvalue weighted by Gasteiger charge is 2.18. The third-order valence-corrected chi connectivity index (χ3v) is 6.17. The summed E-state index contributed by atoms with van der Waals surface area (Å²) in [5.74, 6) is 1.13. The maximum atomic E-state index is 14.0. The second-order valence-electron chi connectivity index (χ2n) is 7.81. The number of anilines is 1. The molecule has 1 aliphatic heterocycles. The van der Waals surface area contributed by atoms with Crippen LogP contribution < -0.4 is 15.5 Å². The number of hydrogen-bond donors (Lipinski definition) is 2. The van der Waals surface area contributed by atoms with Gasteiger partial charge in [-0.05, 0) is 31.0 Å². The number of nitrogens with one attached hydrogen (secondary N) is 2. The van der Waals surface area contributed by atoms with Crippen LogP contribution in [0.4, 0.5) is 10.1 Å². The zero-order valence-corrected chi connectivity index (χ0v) is 19.0. The molecule has 0 aliphatic carbocycles. The van der Waals surface area contributed by atoms with E-state index >= 15 is 0 Å². The number of benzene rings is 1. The van der Waals surface area contributed by atoms with Crippen LogP contribution in [0, 0.1) is 5.82 Å². The van der Waals surface area contributed by atoms with Gasteiger partial charge in [-0.25, -0.2) is 9.37 Å². The minimum atomic E-state index is -0.132. The van der Waals surface area contributed by atoms with Crippen LogP contribution >= 0.6 is 11.3 Å². The molecule has 0 radical (unpaired) electrons. The van der Waals surface area contributed by atoms with Crippen molar-refractivity contribution < 1.29 is 4.39 Å². The summed E-state index contributed by atoms with van der Waals surface area (Å²) in [6.45, 7) is 10.6. The lowest BCUT2D eigenvalue weighted by Gasteiger charge is -2.36. The first-order valence-corrected chi connectivity index (χ1v) is 11.6. The predicted octanol–water partition coefficient (Wildman–Crippen LogP) is 3.28. The van der Waals surface area contributed by atoms with Crippen LogP contribution in [0.3, 0.4) is 0 Å². The Bertz CT molecular complexity index is 813. The Hall–Kier alpha value is -2.19. The zero-order chi connectivity index (χ0) is 21.3. The van der Waals surface area contributed by atoms with Crippen molar-refractivity contribution in [3.8, 4) is 0 Å². The van der Waals surface area contributed by atoms with Crippen molar-refractivity contribution in [2.75, 3.05) is 51.2 Å². The van der Waals surface area contributed by atoms with Crippen LogP contribution in [-0.2, 0) is 6.54 Å². The quantitative estimate of drug-likeness (QED) is 0.381. The van der Waals surface area contributed by atoms with Crippen molar-refractivity contribution in [3.63, 3.8) is 0 Å². The lowest BCUT2D eigenvalue weighted by atomic mass is 10.2. The number of aromatic nitrogens is 1. The molecular formula is C22H33FN6S. The molecule has 1 fully saturated rings. The van der Waals surface area contributed by atoms with Gasteiger partial charge in [0.25, 0.3) is 0 Å². The van der Waals surface area contributed by atoms with Gasteiger partial charge in [-0.15, -0.1) is 11.3 Å². The Balaban J connectivity index is 1.32. The van der Waals surface area contributed by atoms with Crippen molar-refractivity contribution in [2.24, 2.45) is 4.99 Å². The monoisotopic (exact) mass is 432 g/mol. The van der Waals surface area contributed by atoms with E-state index in [2.05, 4.69) is 49.6 Å². The van der Waals surface area contributed by atoms with Crippen LogP contribution in [0.2, 0.25) is 0 Å². The number of halogens is 1. The molecule has 164 valence electrons. The second-order valence-corrected chi connectivity index (χ2v) is 8.75. The first-order chi connectivity index (χ1) is 14.6. The minimum absolute atomic E-state index is 0.132. The normalized spacial score (nSPS) is 15.6. The molecule has 1 aromatic heterocycles. The fourth-order valence-electron chi connectivity index (χ4n) is 3.48. The molecule has 0 spiro atoms. The molecule has 1 saturated heterocycles. The van der Waals surface area contributed by atoms with Gasteiger partial charge in [0, 0.05) is 45.2 Å². The smallest absolute Gasteiger partial charge is 0.191 e. The molecule has 1 aliphatic rings. The summed E-state index contributed by atoms with van der Waals surface area (Å²) in [5.41, 5.74) is 1.87. The first-order valence-electron chi connectivity index (χ1n) is 10.7. The Morgan fingerprint density at radius 1 is 1.20 bits per heavy atom. The highest BCUT2D eigenvalue weighted by Crippen LogP contribution is 2.20. The first kappa shape index (κ1) is 22.5. The fraction of sp³-hybridized carbons (Fsp3) is 0.545. The van der Waals surface area contributed by atoms with Crippen LogP contribution in [0.15, 0.2) is 34.6 Å². The number of rotatable bonds is 8. The van der Waals surface area contributed by atoms with Crippen LogP contribution in [-0.4, -0.2) is 62.2 Å². The summed E-state index contributed by atoms with van der Waals surface area (Å²) in [5, 5.41) is 9.92. The molecule has 0 amide bonds. The Morgan fingerprint density at radius 2 is 1.97 bits per heavy atom. The third-order valence-electron chi connectivity index (χ3n) is 5.30. The molecule has 1 aromatic carbocycles. The summed E-state index contributed by atoms with van der Waals surface area (Å²) in [7, 11) is 1.79. The van der Waals surface area contributed by atoms with Gasteiger partial charge >= 0.3 is 0 Å². The molecule has 2 aromatic rings. The van der Waals surface area contributed by atoms with Gasteiger partial charge in [0.2, 0.25) is 0 Å². The van der Waals surface area contributed by atoms with Crippen molar-refractivity contribution in [1.82, 2.24) is 20.5 Å². The lowest BCUT2D eigenvalue weighted by Crippen LogP contribution is -2.47. The standard InChI is InChI=1S/C22H33FN6S/c1-17(2)19-16-30-21(27-19)15-26-22(24-3)25-9-6-10-28-11-13-29(14-12-28)20-8-5-4-7-18(20)23/h4-5,7-8,16-17H,6,9-15H2,1-3H3,(H2,24,25,26). The molecule has 30 heavy (non-hydrogen) atoms. The van der Waals surface area contributed by atoms with Crippen molar-refractivity contribution in [1.29, 1.82) is 0 Å². The van der Waals surface area contributed by atoms with Gasteiger partial charge in [0.05, 0.1) is 17.9 Å². The highest BCUT2D eigenvalue weighted by molar-refractivity contribution is 7.09. The van der Waals surface area contributed by atoms with Gasteiger partial charge in [-0.1, -0.05) is 26.0 Å². The minimum Gasteiger partial charge on any atom is -0.367 e. The number of thiazole rings is 1. The molecule has 2 N–H and O–H groups in total. The fourth-order valence-corrected chi connectivity index (χ4v) is 4.38. The summed E-state index contributed by atoms with van der Waals surface area (Å²) in [6.07, 6.45) is 1.04. The topological polar surface area (TPSA) is 55.8 Å². The number of guanidine groups is 1. The third kappa shape index (κ3) is 6.40.